The first-order valence-corrected chi connectivity index (χ1v) is 18.8. The number of furan rings is 1. The van der Waals surface area contributed by atoms with Crippen LogP contribution in [-0.4, -0.2) is 15.0 Å². The van der Waals surface area contributed by atoms with E-state index in [1.165, 1.54) is 31.8 Å². The fraction of sp³-hybridized carbons (Fsp3) is 0. The maximum Gasteiger partial charge on any atom is 0.167 e. The van der Waals surface area contributed by atoms with Gasteiger partial charge in [-0.05, 0) is 69.4 Å². The highest BCUT2D eigenvalue weighted by Crippen LogP contribution is 2.42. The maximum atomic E-state index is 6.53. The van der Waals surface area contributed by atoms with Crippen LogP contribution in [0.2, 0.25) is 0 Å². The van der Waals surface area contributed by atoms with E-state index in [2.05, 4.69) is 158 Å². The van der Waals surface area contributed by atoms with Crippen molar-refractivity contribution in [3.05, 3.63) is 176 Å². The van der Waals surface area contributed by atoms with Gasteiger partial charge in [0.1, 0.15) is 11.2 Å². The van der Waals surface area contributed by atoms with Crippen molar-refractivity contribution in [1.82, 2.24) is 15.0 Å². The molecule has 0 radical (unpaired) electrons. The Morgan fingerprint density at radius 1 is 0.370 bits per heavy atom. The van der Waals surface area contributed by atoms with Crippen molar-refractivity contribution in [3.8, 4) is 56.4 Å². The number of rotatable bonds is 5. The third-order valence-corrected chi connectivity index (χ3v) is 11.6. The van der Waals surface area contributed by atoms with Gasteiger partial charge in [-0.25, -0.2) is 15.0 Å². The van der Waals surface area contributed by atoms with Crippen LogP contribution in [0.5, 0.6) is 0 Å². The Labute approximate surface area is 314 Å². The number of hydrogen-bond acceptors (Lipinski definition) is 5. The summed E-state index contributed by atoms with van der Waals surface area (Å²) in [5.74, 6) is 1.79. The molecular formula is C49H29N3OS. The Balaban J connectivity index is 1.19. The molecule has 0 saturated carbocycles. The first-order chi connectivity index (χ1) is 26.8. The quantitative estimate of drug-likeness (QED) is 0.179. The minimum atomic E-state index is 0.565. The van der Waals surface area contributed by atoms with Crippen LogP contribution < -0.4 is 0 Å². The zero-order valence-corrected chi connectivity index (χ0v) is 29.7. The summed E-state index contributed by atoms with van der Waals surface area (Å²) in [5, 5.41) is 6.95. The molecule has 4 nitrogen and oxygen atoms in total. The molecule has 54 heavy (non-hydrogen) atoms. The van der Waals surface area contributed by atoms with Crippen molar-refractivity contribution in [2.45, 2.75) is 0 Å². The molecule has 0 spiro atoms. The first kappa shape index (κ1) is 30.7. The molecule has 0 aliphatic heterocycles. The van der Waals surface area contributed by atoms with Crippen LogP contribution in [0.4, 0.5) is 0 Å². The molecule has 0 fully saturated rings. The van der Waals surface area contributed by atoms with Crippen LogP contribution in [-0.2, 0) is 0 Å². The van der Waals surface area contributed by atoms with Gasteiger partial charge in [0.2, 0.25) is 0 Å². The van der Waals surface area contributed by atoms with E-state index in [0.29, 0.717) is 17.5 Å². The lowest BCUT2D eigenvalue weighted by Gasteiger charge is -2.15. The third-order valence-electron chi connectivity index (χ3n) is 10.4. The average molecular weight is 708 g/mol. The Hall–Kier alpha value is -6.95. The Kier molecular flexibility index (Phi) is 7.00. The van der Waals surface area contributed by atoms with Gasteiger partial charge >= 0.3 is 0 Å². The molecular weight excluding hydrogens is 679 g/mol. The Morgan fingerprint density at radius 3 is 1.85 bits per heavy atom. The van der Waals surface area contributed by atoms with E-state index in [0.717, 1.165) is 60.0 Å². The Bertz CT molecular complexity index is 3100. The number of fused-ring (bicyclic) bond motifs is 7. The molecule has 0 atom stereocenters. The molecule has 11 rings (SSSR count). The first-order valence-electron chi connectivity index (χ1n) is 18.0. The molecule has 0 N–H and O–H groups in total. The van der Waals surface area contributed by atoms with Gasteiger partial charge in [0.05, 0.1) is 5.56 Å². The summed E-state index contributed by atoms with van der Waals surface area (Å²) in [5.41, 5.74) is 8.77. The van der Waals surface area contributed by atoms with Crippen molar-refractivity contribution in [3.63, 3.8) is 0 Å². The third kappa shape index (κ3) is 4.94. The molecule has 0 aliphatic carbocycles. The molecule has 3 aromatic heterocycles. The second kappa shape index (κ2) is 12.3. The minimum Gasteiger partial charge on any atom is -0.455 e. The average Bonchev–Trinajstić information content (AvgIpc) is 3.82. The molecule has 0 unspecified atom stereocenters. The largest absolute Gasteiger partial charge is 0.455 e. The van der Waals surface area contributed by atoms with Crippen LogP contribution in [0.3, 0.4) is 0 Å². The summed E-state index contributed by atoms with van der Waals surface area (Å²) in [4.78, 5) is 15.9. The zero-order chi connectivity index (χ0) is 35.6. The fourth-order valence-electron chi connectivity index (χ4n) is 7.82. The summed E-state index contributed by atoms with van der Waals surface area (Å²) in [6.07, 6.45) is 0. The van der Waals surface area contributed by atoms with Crippen molar-refractivity contribution in [2.24, 2.45) is 0 Å². The predicted molar refractivity (Wildman–Crippen MR) is 225 cm³/mol. The Morgan fingerprint density at radius 2 is 0.981 bits per heavy atom. The van der Waals surface area contributed by atoms with E-state index in [4.69, 9.17) is 19.4 Å². The number of aromatic nitrogens is 3. The number of thiophene rings is 1. The maximum absolute atomic E-state index is 6.53. The predicted octanol–water partition coefficient (Wildman–Crippen LogP) is 13.6. The van der Waals surface area contributed by atoms with Crippen LogP contribution in [0.15, 0.2) is 180 Å². The minimum absolute atomic E-state index is 0.565. The topological polar surface area (TPSA) is 51.8 Å². The second-order valence-electron chi connectivity index (χ2n) is 13.5. The SMILES string of the molecule is c1ccc(-c2cc(-c3cccc4ccccc34)ccc2-c2nc(-c3cccc4c3oc3ccccc34)nc(-c3cccc4c3sc3ccccc34)n2)cc1. The molecule has 0 saturated heterocycles. The van der Waals surface area contributed by atoms with Crippen molar-refractivity contribution in [2.75, 3.05) is 0 Å². The van der Waals surface area contributed by atoms with E-state index >= 15 is 0 Å². The van der Waals surface area contributed by atoms with Crippen molar-refractivity contribution < 1.29 is 4.42 Å². The van der Waals surface area contributed by atoms with E-state index in [9.17, 15) is 0 Å². The van der Waals surface area contributed by atoms with Crippen molar-refractivity contribution >= 4 is 64.2 Å². The van der Waals surface area contributed by atoms with Crippen molar-refractivity contribution in [1.29, 1.82) is 0 Å². The van der Waals surface area contributed by atoms with Gasteiger partial charge in [0.25, 0.3) is 0 Å². The molecule has 0 bridgehead atoms. The highest BCUT2D eigenvalue weighted by molar-refractivity contribution is 7.26. The van der Waals surface area contributed by atoms with Crippen LogP contribution in [0.25, 0.3) is 109 Å². The lowest BCUT2D eigenvalue weighted by atomic mass is 9.92. The second-order valence-corrected chi connectivity index (χ2v) is 14.6. The van der Waals surface area contributed by atoms with Gasteiger partial charge in [0.15, 0.2) is 17.5 Å². The lowest BCUT2D eigenvalue weighted by Crippen LogP contribution is -2.01. The van der Waals surface area contributed by atoms with Crippen LogP contribution in [0, 0.1) is 0 Å². The highest BCUT2D eigenvalue weighted by Gasteiger charge is 2.21. The summed E-state index contributed by atoms with van der Waals surface area (Å²) in [7, 11) is 0. The van der Waals surface area contributed by atoms with Gasteiger partial charge in [-0.15, -0.1) is 11.3 Å². The van der Waals surface area contributed by atoms with E-state index in [-0.39, 0.29) is 0 Å². The van der Waals surface area contributed by atoms with Crippen LogP contribution in [0.1, 0.15) is 0 Å². The molecule has 252 valence electrons. The number of nitrogens with zero attached hydrogens (tertiary/aromatic N) is 3. The molecule has 5 heteroatoms. The summed E-state index contributed by atoms with van der Waals surface area (Å²) >= 11 is 1.77. The van der Waals surface area contributed by atoms with Gasteiger partial charge in [-0.3, -0.25) is 0 Å². The highest BCUT2D eigenvalue weighted by atomic mass is 32.1. The number of para-hydroxylation sites is 2. The standard InChI is InChI=1S/C49H29N3OS/c1-2-13-31(14-3-1)42-29-32(34-20-10-16-30-15-4-5-17-33(30)34)27-28-39(42)47-50-48(40-23-11-21-37-35-18-6-8-25-43(35)53-45(37)40)52-49(51-47)41-24-12-22-38-36-19-7-9-26-44(36)54-46(38)41/h1-29H. The summed E-state index contributed by atoms with van der Waals surface area (Å²) < 4.78 is 8.92. The summed E-state index contributed by atoms with van der Waals surface area (Å²) in [6.45, 7) is 0. The summed E-state index contributed by atoms with van der Waals surface area (Å²) in [6, 6.07) is 61.6. The van der Waals surface area contributed by atoms with Gasteiger partial charge < -0.3 is 4.42 Å². The number of hydrogen-bond donors (Lipinski definition) is 0. The smallest absolute Gasteiger partial charge is 0.167 e. The van der Waals surface area contributed by atoms with Gasteiger partial charge in [-0.1, -0.05) is 140 Å². The monoisotopic (exact) mass is 707 g/mol. The fourth-order valence-corrected chi connectivity index (χ4v) is 9.04. The molecule has 3 heterocycles. The molecule has 0 aliphatic rings. The number of benzene rings is 8. The molecule has 0 amide bonds. The van der Waals surface area contributed by atoms with E-state index < -0.39 is 0 Å². The van der Waals surface area contributed by atoms with Gasteiger partial charge in [-0.2, -0.15) is 0 Å². The lowest BCUT2D eigenvalue weighted by molar-refractivity contribution is 0.669. The van der Waals surface area contributed by atoms with E-state index in [1.54, 1.807) is 11.3 Å². The normalized spacial score (nSPS) is 11.7. The molecule has 11 aromatic rings. The molecule has 8 aromatic carbocycles. The van der Waals surface area contributed by atoms with Crippen LogP contribution >= 0.6 is 11.3 Å². The van der Waals surface area contributed by atoms with E-state index in [1.807, 2.05) is 18.2 Å². The zero-order valence-electron chi connectivity index (χ0n) is 28.9. The van der Waals surface area contributed by atoms with Gasteiger partial charge in [0, 0.05) is 42.1 Å².